The molecule has 2 N–H and O–H groups in total. The minimum atomic E-state index is 0.328. The predicted molar refractivity (Wildman–Crippen MR) is 68.6 cm³/mol. The van der Waals surface area contributed by atoms with Gasteiger partial charge in [0.25, 0.3) is 0 Å². The maximum Gasteiger partial charge on any atom is 0.0462 e. The third-order valence-corrected chi connectivity index (χ3v) is 3.36. The Balaban J connectivity index is 2.12. The van der Waals surface area contributed by atoms with E-state index in [1.165, 1.54) is 45.2 Å². The van der Waals surface area contributed by atoms with Crippen molar-refractivity contribution in [1.82, 2.24) is 4.90 Å². The first-order valence-electron chi connectivity index (χ1n) is 6.80. The molecule has 1 fully saturated rings. The SMILES string of the molecule is COCCCC(N)CN1CCCCCCC1. The number of nitrogens with two attached hydrogens (primary N) is 1. The minimum absolute atomic E-state index is 0.328. The van der Waals surface area contributed by atoms with E-state index < -0.39 is 0 Å². The van der Waals surface area contributed by atoms with Gasteiger partial charge in [0.05, 0.1) is 0 Å². The highest BCUT2D eigenvalue weighted by Crippen LogP contribution is 2.11. The van der Waals surface area contributed by atoms with Gasteiger partial charge in [0.2, 0.25) is 0 Å². The second kappa shape index (κ2) is 8.97. The normalized spacial score (nSPS) is 21.4. The van der Waals surface area contributed by atoms with Gasteiger partial charge in [-0.15, -0.1) is 0 Å². The van der Waals surface area contributed by atoms with Crippen molar-refractivity contribution in [3.8, 4) is 0 Å². The minimum Gasteiger partial charge on any atom is -0.385 e. The number of methoxy groups -OCH3 is 1. The monoisotopic (exact) mass is 228 g/mol. The van der Waals surface area contributed by atoms with E-state index in [1.54, 1.807) is 7.11 Å². The molecule has 0 amide bonds. The summed E-state index contributed by atoms with van der Waals surface area (Å²) in [6.45, 7) is 4.41. The Kier molecular flexibility index (Phi) is 7.81. The zero-order chi connectivity index (χ0) is 11.6. The molecule has 1 aliphatic heterocycles. The molecule has 1 saturated heterocycles. The summed E-state index contributed by atoms with van der Waals surface area (Å²) in [5, 5.41) is 0. The van der Waals surface area contributed by atoms with Crippen molar-refractivity contribution in [2.75, 3.05) is 33.4 Å². The molecule has 3 heteroatoms. The van der Waals surface area contributed by atoms with Crippen molar-refractivity contribution in [2.24, 2.45) is 5.73 Å². The first kappa shape index (κ1) is 13.9. The number of hydrogen-bond donors (Lipinski definition) is 1. The van der Waals surface area contributed by atoms with Crippen LogP contribution in [0.15, 0.2) is 0 Å². The van der Waals surface area contributed by atoms with Gasteiger partial charge in [-0.3, -0.25) is 0 Å². The van der Waals surface area contributed by atoms with Gasteiger partial charge in [0, 0.05) is 26.3 Å². The second-order valence-electron chi connectivity index (χ2n) is 4.96. The van der Waals surface area contributed by atoms with Gasteiger partial charge in [-0.05, 0) is 38.8 Å². The molecule has 1 unspecified atom stereocenters. The fourth-order valence-electron chi connectivity index (χ4n) is 2.41. The van der Waals surface area contributed by atoms with E-state index >= 15 is 0 Å². The maximum absolute atomic E-state index is 6.14. The van der Waals surface area contributed by atoms with Crippen LogP contribution >= 0.6 is 0 Å². The van der Waals surface area contributed by atoms with Crippen LogP contribution in [0, 0.1) is 0 Å². The summed E-state index contributed by atoms with van der Waals surface area (Å²) in [5.41, 5.74) is 6.14. The molecule has 0 aromatic rings. The van der Waals surface area contributed by atoms with E-state index in [0.29, 0.717) is 6.04 Å². The van der Waals surface area contributed by atoms with E-state index in [0.717, 1.165) is 26.0 Å². The van der Waals surface area contributed by atoms with E-state index in [4.69, 9.17) is 10.5 Å². The summed E-state index contributed by atoms with van der Waals surface area (Å²) >= 11 is 0. The Morgan fingerprint density at radius 2 is 1.75 bits per heavy atom. The van der Waals surface area contributed by atoms with Crippen molar-refractivity contribution in [2.45, 2.75) is 51.0 Å². The van der Waals surface area contributed by atoms with Crippen LogP contribution in [0.5, 0.6) is 0 Å². The Morgan fingerprint density at radius 3 is 2.38 bits per heavy atom. The summed E-state index contributed by atoms with van der Waals surface area (Å²) in [7, 11) is 1.75. The first-order chi connectivity index (χ1) is 7.83. The van der Waals surface area contributed by atoms with Gasteiger partial charge < -0.3 is 15.4 Å². The topological polar surface area (TPSA) is 38.5 Å². The number of nitrogens with zero attached hydrogens (tertiary/aromatic N) is 1. The molecule has 0 spiro atoms. The molecular weight excluding hydrogens is 200 g/mol. The van der Waals surface area contributed by atoms with Crippen LogP contribution in [0.4, 0.5) is 0 Å². The third kappa shape index (κ3) is 6.46. The Labute approximate surface area is 100 Å². The van der Waals surface area contributed by atoms with Crippen molar-refractivity contribution >= 4 is 0 Å². The highest BCUT2D eigenvalue weighted by atomic mass is 16.5. The van der Waals surface area contributed by atoms with Crippen LogP contribution in [0.25, 0.3) is 0 Å². The van der Waals surface area contributed by atoms with E-state index in [1.807, 2.05) is 0 Å². The van der Waals surface area contributed by atoms with Crippen LogP contribution in [0.2, 0.25) is 0 Å². The van der Waals surface area contributed by atoms with Gasteiger partial charge in [-0.2, -0.15) is 0 Å². The lowest BCUT2D eigenvalue weighted by atomic mass is 10.1. The fraction of sp³-hybridized carbons (Fsp3) is 1.00. The zero-order valence-corrected chi connectivity index (χ0v) is 10.8. The molecule has 96 valence electrons. The Bertz CT molecular complexity index is 156. The van der Waals surface area contributed by atoms with Gasteiger partial charge in [-0.1, -0.05) is 19.3 Å². The molecule has 0 aliphatic carbocycles. The lowest BCUT2D eigenvalue weighted by Gasteiger charge is -2.27. The number of ether oxygens (including phenoxy) is 1. The molecule has 0 bridgehead atoms. The second-order valence-corrected chi connectivity index (χ2v) is 4.96. The van der Waals surface area contributed by atoms with Crippen molar-refractivity contribution < 1.29 is 4.74 Å². The van der Waals surface area contributed by atoms with Crippen LogP contribution in [-0.2, 0) is 4.74 Å². The number of rotatable bonds is 6. The van der Waals surface area contributed by atoms with Gasteiger partial charge in [0.15, 0.2) is 0 Å². The van der Waals surface area contributed by atoms with Gasteiger partial charge >= 0.3 is 0 Å². The standard InChI is InChI=1S/C13H28N2O/c1-16-11-7-8-13(14)12-15-9-5-3-2-4-6-10-15/h13H,2-12,14H2,1H3. The van der Waals surface area contributed by atoms with Gasteiger partial charge in [-0.25, -0.2) is 0 Å². The Morgan fingerprint density at radius 1 is 1.12 bits per heavy atom. The molecular formula is C13H28N2O. The average molecular weight is 228 g/mol. The largest absolute Gasteiger partial charge is 0.385 e. The highest BCUT2D eigenvalue weighted by Gasteiger charge is 2.11. The van der Waals surface area contributed by atoms with Gasteiger partial charge in [0.1, 0.15) is 0 Å². The first-order valence-corrected chi connectivity index (χ1v) is 6.80. The van der Waals surface area contributed by atoms with Crippen LogP contribution in [0.3, 0.4) is 0 Å². The number of likely N-dealkylation sites (tertiary alicyclic amines) is 1. The van der Waals surface area contributed by atoms with Crippen molar-refractivity contribution in [3.05, 3.63) is 0 Å². The quantitative estimate of drug-likeness (QED) is 0.707. The molecule has 0 radical (unpaired) electrons. The molecule has 1 rings (SSSR count). The van der Waals surface area contributed by atoms with Crippen LogP contribution < -0.4 is 5.73 Å². The number of hydrogen-bond acceptors (Lipinski definition) is 3. The Hall–Kier alpha value is -0.120. The third-order valence-electron chi connectivity index (χ3n) is 3.36. The van der Waals surface area contributed by atoms with Crippen LogP contribution in [0.1, 0.15) is 44.9 Å². The van der Waals surface area contributed by atoms with Crippen molar-refractivity contribution in [1.29, 1.82) is 0 Å². The molecule has 16 heavy (non-hydrogen) atoms. The van der Waals surface area contributed by atoms with E-state index in [2.05, 4.69) is 4.90 Å². The summed E-state index contributed by atoms with van der Waals surface area (Å²) in [4.78, 5) is 2.55. The molecule has 1 heterocycles. The van der Waals surface area contributed by atoms with Crippen molar-refractivity contribution in [3.63, 3.8) is 0 Å². The molecule has 1 atom stereocenters. The zero-order valence-electron chi connectivity index (χ0n) is 10.8. The van der Waals surface area contributed by atoms with E-state index in [-0.39, 0.29) is 0 Å². The molecule has 0 saturated carbocycles. The highest BCUT2D eigenvalue weighted by molar-refractivity contribution is 4.70. The predicted octanol–water partition coefficient (Wildman–Crippen LogP) is 2.01. The summed E-state index contributed by atoms with van der Waals surface area (Å²) < 4.78 is 5.05. The summed E-state index contributed by atoms with van der Waals surface area (Å²) in [6.07, 6.45) is 9.10. The lowest BCUT2D eigenvalue weighted by molar-refractivity contribution is 0.183. The molecule has 0 aromatic carbocycles. The molecule has 1 aliphatic rings. The summed E-state index contributed by atoms with van der Waals surface area (Å²) in [6, 6.07) is 0.328. The fourth-order valence-corrected chi connectivity index (χ4v) is 2.41. The maximum atomic E-state index is 6.14. The molecule has 0 aromatic heterocycles. The summed E-state index contributed by atoms with van der Waals surface area (Å²) in [5.74, 6) is 0. The average Bonchev–Trinajstić information content (AvgIpc) is 2.22. The van der Waals surface area contributed by atoms with E-state index in [9.17, 15) is 0 Å². The smallest absolute Gasteiger partial charge is 0.0462 e. The lowest BCUT2D eigenvalue weighted by Crippen LogP contribution is -2.39. The molecule has 3 nitrogen and oxygen atoms in total. The van der Waals surface area contributed by atoms with Crippen LogP contribution in [-0.4, -0.2) is 44.3 Å².